The summed E-state index contributed by atoms with van der Waals surface area (Å²) in [6, 6.07) is 0. The van der Waals surface area contributed by atoms with E-state index < -0.39 is 0 Å². The molecule has 0 bridgehead atoms. The highest BCUT2D eigenvalue weighted by Crippen LogP contribution is 2.29. The summed E-state index contributed by atoms with van der Waals surface area (Å²) in [6.07, 6.45) is 5.73. The van der Waals surface area contributed by atoms with Crippen molar-refractivity contribution in [3.63, 3.8) is 0 Å². The Bertz CT molecular complexity index is 163. The third-order valence-electron chi connectivity index (χ3n) is 2.01. The van der Waals surface area contributed by atoms with Crippen LogP contribution in [-0.4, -0.2) is 12.2 Å². The highest BCUT2D eigenvalue weighted by atomic mass is 16.6. The molecule has 11 heavy (non-hydrogen) atoms. The fourth-order valence-corrected chi connectivity index (χ4v) is 1.22. The van der Waals surface area contributed by atoms with E-state index in [2.05, 4.69) is 18.8 Å². The normalized spacial score (nSPS) is 27.5. The number of epoxide rings is 1. The Morgan fingerprint density at radius 3 is 2.82 bits per heavy atom. The molecule has 1 heteroatoms. The van der Waals surface area contributed by atoms with E-state index in [0.29, 0.717) is 12.2 Å². The van der Waals surface area contributed by atoms with Gasteiger partial charge >= 0.3 is 0 Å². The fraction of sp³-hybridized carbons (Fsp3) is 0.800. The summed E-state index contributed by atoms with van der Waals surface area (Å²) in [7, 11) is 0. The maximum atomic E-state index is 5.42. The average molecular weight is 152 g/mol. The molecule has 0 spiro atoms. The molecule has 0 aromatic carbocycles. The van der Waals surface area contributed by atoms with Gasteiger partial charge in [0.2, 0.25) is 0 Å². The van der Waals surface area contributed by atoms with Crippen molar-refractivity contribution in [2.24, 2.45) is 0 Å². The molecule has 0 aromatic heterocycles. The van der Waals surface area contributed by atoms with E-state index in [4.69, 9.17) is 4.74 Å². The van der Waals surface area contributed by atoms with Crippen molar-refractivity contribution in [3.05, 3.63) is 0 Å². The van der Waals surface area contributed by atoms with Crippen LogP contribution in [0.1, 0.15) is 39.5 Å². The van der Waals surface area contributed by atoms with E-state index >= 15 is 0 Å². The summed E-state index contributed by atoms with van der Waals surface area (Å²) < 4.78 is 5.42. The molecule has 0 aromatic rings. The van der Waals surface area contributed by atoms with Crippen molar-refractivity contribution in [1.82, 2.24) is 0 Å². The summed E-state index contributed by atoms with van der Waals surface area (Å²) in [4.78, 5) is 0. The first-order valence-electron chi connectivity index (χ1n) is 4.43. The number of hydrogen-bond donors (Lipinski definition) is 0. The maximum absolute atomic E-state index is 5.42. The first-order chi connectivity index (χ1) is 5.38. The van der Waals surface area contributed by atoms with Crippen LogP contribution in [0.5, 0.6) is 0 Å². The quantitative estimate of drug-likeness (QED) is 0.445. The van der Waals surface area contributed by atoms with Crippen LogP contribution in [0.25, 0.3) is 0 Å². The van der Waals surface area contributed by atoms with Crippen LogP contribution >= 0.6 is 0 Å². The smallest absolute Gasteiger partial charge is 0.0950 e. The summed E-state index contributed by atoms with van der Waals surface area (Å²) in [5, 5.41) is 0. The topological polar surface area (TPSA) is 12.5 Å². The predicted molar refractivity (Wildman–Crippen MR) is 46.3 cm³/mol. The molecular weight excluding hydrogens is 136 g/mol. The fourth-order valence-electron chi connectivity index (χ4n) is 1.22. The van der Waals surface area contributed by atoms with E-state index in [0.717, 1.165) is 6.42 Å². The van der Waals surface area contributed by atoms with E-state index in [1.54, 1.807) is 0 Å². The van der Waals surface area contributed by atoms with Gasteiger partial charge in [-0.05, 0) is 13.3 Å². The minimum atomic E-state index is 0.467. The molecule has 0 radical (unpaired) electrons. The number of rotatable bonds is 4. The second kappa shape index (κ2) is 4.41. The monoisotopic (exact) mass is 152 g/mol. The molecule has 1 saturated heterocycles. The van der Waals surface area contributed by atoms with Gasteiger partial charge in [-0.25, -0.2) is 0 Å². The number of unbranched alkanes of at least 4 members (excludes halogenated alkanes) is 1. The summed E-state index contributed by atoms with van der Waals surface area (Å²) in [5.74, 6) is 5.93. The first kappa shape index (κ1) is 8.62. The predicted octanol–water partition coefficient (Wildman–Crippen LogP) is 2.36. The molecule has 0 N–H and O–H groups in total. The zero-order valence-electron chi connectivity index (χ0n) is 7.39. The molecule has 1 fully saturated rings. The second-order valence-corrected chi connectivity index (χ2v) is 2.99. The van der Waals surface area contributed by atoms with Gasteiger partial charge in [-0.3, -0.25) is 0 Å². The Hall–Kier alpha value is -0.480. The van der Waals surface area contributed by atoms with Gasteiger partial charge < -0.3 is 4.74 Å². The van der Waals surface area contributed by atoms with Crippen LogP contribution in [-0.2, 0) is 4.74 Å². The zero-order chi connectivity index (χ0) is 8.10. The van der Waals surface area contributed by atoms with Gasteiger partial charge in [-0.2, -0.15) is 0 Å². The van der Waals surface area contributed by atoms with Crippen LogP contribution in [0.3, 0.4) is 0 Å². The van der Waals surface area contributed by atoms with Crippen molar-refractivity contribution in [2.75, 3.05) is 0 Å². The molecule has 1 rings (SSSR count). The van der Waals surface area contributed by atoms with Crippen LogP contribution in [0.4, 0.5) is 0 Å². The molecule has 1 aliphatic rings. The minimum Gasteiger partial charge on any atom is -0.369 e. The maximum Gasteiger partial charge on any atom is 0.0950 e. The Kier molecular flexibility index (Phi) is 3.45. The molecule has 1 heterocycles. The lowest BCUT2D eigenvalue weighted by atomic mass is 10.1. The molecular formula is C10H16O. The van der Waals surface area contributed by atoms with Gasteiger partial charge in [0.05, 0.1) is 12.2 Å². The van der Waals surface area contributed by atoms with Crippen LogP contribution in [0, 0.1) is 11.8 Å². The largest absolute Gasteiger partial charge is 0.369 e. The van der Waals surface area contributed by atoms with Gasteiger partial charge in [-0.1, -0.05) is 19.8 Å². The van der Waals surface area contributed by atoms with Gasteiger partial charge in [0.1, 0.15) is 0 Å². The summed E-state index contributed by atoms with van der Waals surface area (Å²) >= 11 is 0. The zero-order valence-corrected chi connectivity index (χ0v) is 7.39. The van der Waals surface area contributed by atoms with Crippen LogP contribution in [0.15, 0.2) is 0 Å². The molecule has 0 saturated carbocycles. The standard InChI is InChI=1S/C10H16O/c1-3-5-7-9-10(11-9)8-6-4-2/h9-10H,3,5,7-8H2,1-2H3/t9-,10?/m1/s1. The molecule has 62 valence electrons. The van der Waals surface area contributed by atoms with Crippen LogP contribution in [0.2, 0.25) is 0 Å². The minimum absolute atomic E-state index is 0.467. The van der Waals surface area contributed by atoms with Crippen molar-refractivity contribution in [1.29, 1.82) is 0 Å². The highest BCUT2D eigenvalue weighted by molar-refractivity contribution is 5.02. The Balaban J connectivity index is 2.00. The molecule has 1 aliphatic heterocycles. The van der Waals surface area contributed by atoms with Crippen LogP contribution < -0.4 is 0 Å². The summed E-state index contributed by atoms with van der Waals surface area (Å²) in [6.45, 7) is 4.09. The van der Waals surface area contributed by atoms with E-state index in [-0.39, 0.29) is 0 Å². The molecule has 0 aliphatic carbocycles. The number of hydrogen-bond acceptors (Lipinski definition) is 1. The number of ether oxygens (including phenoxy) is 1. The lowest BCUT2D eigenvalue weighted by Gasteiger charge is -1.89. The first-order valence-corrected chi connectivity index (χ1v) is 4.43. The SMILES string of the molecule is CC#CCC1O[C@@H]1CCCC. The van der Waals surface area contributed by atoms with Crippen molar-refractivity contribution in [3.8, 4) is 11.8 Å². The van der Waals surface area contributed by atoms with E-state index in [1.165, 1.54) is 19.3 Å². The molecule has 1 unspecified atom stereocenters. The van der Waals surface area contributed by atoms with Gasteiger partial charge in [-0.15, -0.1) is 11.8 Å². The lowest BCUT2D eigenvalue weighted by Crippen LogP contribution is -1.91. The Morgan fingerprint density at radius 1 is 1.36 bits per heavy atom. The second-order valence-electron chi connectivity index (χ2n) is 2.99. The van der Waals surface area contributed by atoms with Gasteiger partial charge in [0.25, 0.3) is 0 Å². The van der Waals surface area contributed by atoms with Crippen molar-refractivity contribution >= 4 is 0 Å². The van der Waals surface area contributed by atoms with Gasteiger partial charge in [0, 0.05) is 6.42 Å². The Labute approximate surface area is 69.1 Å². The third-order valence-corrected chi connectivity index (χ3v) is 2.01. The third kappa shape index (κ3) is 2.95. The van der Waals surface area contributed by atoms with E-state index in [9.17, 15) is 0 Å². The Morgan fingerprint density at radius 2 is 2.18 bits per heavy atom. The highest BCUT2D eigenvalue weighted by Gasteiger charge is 2.36. The summed E-state index contributed by atoms with van der Waals surface area (Å²) in [5.41, 5.74) is 0. The van der Waals surface area contributed by atoms with Crippen molar-refractivity contribution in [2.45, 2.75) is 51.7 Å². The molecule has 0 amide bonds. The van der Waals surface area contributed by atoms with E-state index in [1.807, 2.05) is 6.92 Å². The lowest BCUT2D eigenvalue weighted by molar-refractivity contribution is 0.361. The molecule has 1 nitrogen and oxygen atoms in total. The van der Waals surface area contributed by atoms with Gasteiger partial charge in [0.15, 0.2) is 0 Å². The molecule has 2 atom stereocenters. The average Bonchev–Trinajstić information content (AvgIpc) is 2.76. The van der Waals surface area contributed by atoms with Crippen molar-refractivity contribution < 1.29 is 4.74 Å².